The maximum atomic E-state index is 11.3. The number of amides is 1. The van der Waals surface area contributed by atoms with Crippen molar-refractivity contribution in [2.75, 3.05) is 0 Å². The first-order chi connectivity index (χ1) is 9.16. The summed E-state index contributed by atoms with van der Waals surface area (Å²) in [5, 5.41) is 0. The monoisotopic (exact) mass is 253 g/mol. The third kappa shape index (κ3) is 1.95. The number of hydrogen-bond donors (Lipinski definition) is 1. The van der Waals surface area contributed by atoms with E-state index < -0.39 is 0 Å². The number of carbonyl (C=O) groups excluding carboxylic acids is 1. The SMILES string of the molecule is CC1=C(n2ccnc2)CCc2ccc(C(N)=O)cc21. The topological polar surface area (TPSA) is 60.9 Å². The van der Waals surface area contributed by atoms with Gasteiger partial charge < -0.3 is 10.3 Å². The number of hydrogen-bond acceptors (Lipinski definition) is 2. The van der Waals surface area contributed by atoms with Crippen molar-refractivity contribution in [3.05, 3.63) is 53.6 Å². The van der Waals surface area contributed by atoms with E-state index in [4.69, 9.17) is 5.73 Å². The van der Waals surface area contributed by atoms with Crippen molar-refractivity contribution in [2.45, 2.75) is 19.8 Å². The number of rotatable bonds is 2. The second kappa shape index (κ2) is 4.39. The molecule has 1 aliphatic rings. The third-order valence-corrected chi connectivity index (χ3v) is 3.68. The quantitative estimate of drug-likeness (QED) is 0.892. The molecule has 0 saturated carbocycles. The Labute approximate surface area is 111 Å². The van der Waals surface area contributed by atoms with Gasteiger partial charge in [0.2, 0.25) is 5.91 Å². The van der Waals surface area contributed by atoms with Crippen LogP contribution < -0.4 is 5.73 Å². The van der Waals surface area contributed by atoms with Gasteiger partial charge >= 0.3 is 0 Å². The zero-order valence-corrected chi connectivity index (χ0v) is 10.8. The van der Waals surface area contributed by atoms with Crippen LogP contribution in [0.4, 0.5) is 0 Å². The summed E-state index contributed by atoms with van der Waals surface area (Å²) in [6.07, 6.45) is 7.48. The molecule has 4 nitrogen and oxygen atoms in total. The Balaban J connectivity index is 2.14. The number of nitrogens with two attached hydrogens (primary N) is 1. The van der Waals surface area contributed by atoms with Gasteiger partial charge in [-0.15, -0.1) is 0 Å². The van der Waals surface area contributed by atoms with Crippen molar-refractivity contribution in [1.82, 2.24) is 9.55 Å². The first-order valence-electron chi connectivity index (χ1n) is 6.28. The van der Waals surface area contributed by atoms with E-state index in [1.165, 1.54) is 16.8 Å². The zero-order valence-electron chi connectivity index (χ0n) is 10.8. The predicted octanol–water partition coefficient (Wildman–Crippen LogP) is 2.32. The van der Waals surface area contributed by atoms with Gasteiger partial charge in [-0.3, -0.25) is 4.79 Å². The number of aromatic nitrogens is 2. The summed E-state index contributed by atoms with van der Waals surface area (Å²) >= 11 is 0. The Bertz CT molecular complexity index is 669. The predicted molar refractivity (Wildman–Crippen MR) is 74.3 cm³/mol. The van der Waals surface area contributed by atoms with Crippen LogP contribution in [-0.2, 0) is 6.42 Å². The van der Waals surface area contributed by atoms with E-state index in [0.717, 1.165) is 18.4 Å². The van der Waals surface area contributed by atoms with Crippen molar-refractivity contribution in [1.29, 1.82) is 0 Å². The van der Waals surface area contributed by atoms with Gasteiger partial charge in [-0.05, 0) is 48.6 Å². The molecule has 1 aromatic heterocycles. The van der Waals surface area contributed by atoms with Gasteiger partial charge in [0.1, 0.15) is 0 Å². The molecule has 0 saturated heterocycles. The molecule has 2 N–H and O–H groups in total. The molecule has 2 aromatic rings. The number of primary amides is 1. The maximum absolute atomic E-state index is 11.3. The lowest BCUT2D eigenvalue weighted by Gasteiger charge is -2.22. The number of fused-ring (bicyclic) bond motifs is 1. The number of benzene rings is 1. The van der Waals surface area contributed by atoms with Crippen LogP contribution in [0.3, 0.4) is 0 Å². The van der Waals surface area contributed by atoms with E-state index in [1.54, 1.807) is 12.3 Å². The highest BCUT2D eigenvalue weighted by atomic mass is 16.1. The van der Waals surface area contributed by atoms with Crippen LogP contribution in [0.15, 0.2) is 36.9 Å². The highest BCUT2D eigenvalue weighted by molar-refractivity contribution is 5.95. The molecule has 3 rings (SSSR count). The average Bonchev–Trinajstić information content (AvgIpc) is 2.92. The van der Waals surface area contributed by atoms with E-state index in [2.05, 4.69) is 11.9 Å². The number of carbonyl (C=O) groups is 1. The molecule has 0 spiro atoms. The molecule has 0 radical (unpaired) electrons. The fourth-order valence-electron chi connectivity index (χ4n) is 2.63. The van der Waals surface area contributed by atoms with Crippen LogP contribution in [0.25, 0.3) is 11.3 Å². The van der Waals surface area contributed by atoms with Crippen LogP contribution in [0.5, 0.6) is 0 Å². The minimum atomic E-state index is -0.384. The lowest BCUT2D eigenvalue weighted by atomic mass is 9.88. The summed E-state index contributed by atoms with van der Waals surface area (Å²) in [4.78, 5) is 15.4. The van der Waals surface area contributed by atoms with Crippen molar-refractivity contribution in [3.8, 4) is 0 Å². The third-order valence-electron chi connectivity index (χ3n) is 3.68. The van der Waals surface area contributed by atoms with Crippen LogP contribution >= 0.6 is 0 Å². The second-order valence-corrected chi connectivity index (χ2v) is 4.78. The Morgan fingerprint density at radius 1 is 1.37 bits per heavy atom. The summed E-state index contributed by atoms with van der Waals surface area (Å²) in [6, 6.07) is 5.70. The Hall–Kier alpha value is -2.36. The molecule has 1 amide bonds. The minimum Gasteiger partial charge on any atom is -0.366 e. The van der Waals surface area contributed by atoms with Gasteiger partial charge in [0.15, 0.2) is 0 Å². The largest absolute Gasteiger partial charge is 0.366 e. The van der Waals surface area contributed by atoms with E-state index in [9.17, 15) is 4.79 Å². The van der Waals surface area contributed by atoms with Crippen molar-refractivity contribution in [2.24, 2.45) is 5.73 Å². The van der Waals surface area contributed by atoms with Gasteiger partial charge in [0, 0.05) is 23.7 Å². The molecule has 0 fully saturated rings. The maximum Gasteiger partial charge on any atom is 0.248 e. The molecule has 0 aliphatic heterocycles. The number of allylic oxidation sites excluding steroid dienone is 2. The summed E-state index contributed by atoms with van der Waals surface area (Å²) in [7, 11) is 0. The normalized spacial score (nSPS) is 14.4. The van der Waals surface area contributed by atoms with Gasteiger partial charge in [-0.2, -0.15) is 0 Å². The van der Waals surface area contributed by atoms with Crippen LogP contribution in [0.2, 0.25) is 0 Å². The van der Waals surface area contributed by atoms with Gasteiger partial charge in [0.05, 0.1) is 6.33 Å². The first-order valence-corrected chi connectivity index (χ1v) is 6.28. The smallest absolute Gasteiger partial charge is 0.248 e. The fourth-order valence-corrected chi connectivity index (χ4v) is 2.63. The molecule has 1 aliphatic carbocycles. The summed E-state index contributed by atoms with van der Waals surface area (Å²) in [5.41, 5.74) is 10.7. The molecular formula is C15H15N3O. The van der Waals surface area contributed by atoms with Gasteiger partial charge in [-0.25, -0.2) is 4.98 Å². The lowest BCUT2D eigenvalue weighted by molar-refractivity contribution is 0.100. The van der Waals surface area contributed by atoms with Crippen LogP contribution in [0.1, 0.15) is 34.8 Å². The standard InChI is InChI=1S/C15H15N3O/c1-10-13-8-12(15(16)19)3-2-11(13)4-5-14(10)18-7-6-17-9-18/h2-3,6-9H,4-5H2,1H3,(H2,16,19). The Morgan fingerprint density at radius 3 is 2.89 bits per heavy atom. The van der Waals surface area contributed by atoms with Crippen molar-refractivity contribution in [3.63, 3.8) is 0 Å². The Kier molecular flexibility index (Phi) is 2.71. The summed E-state index contributed by atoms with van der Waals surface area (Å²) in [5.74, 6) is -0.384. The van der Waals surface area contributed by atoms with Gasteiger partial charge in [-0.1, -0.05) is 6.07 Å². The van der Waals surface area contributed by atoms with E-state index in [-0.39, 0.29) is 5.91 Å². The molecule has 0 bridgehead atoms. The first kappa shape index (κ1) is 11.7. The lowest BCUT2D eigenvalue weighted by Crippen LogP contribution is -2.13. The van der Waals surface area contributed by atoms with E-state index >= 15 is 0 Å². The fraction of sp³-hybridized carbons (Fsp3) is 0.200. The van der Waals surface area contributed by atoms with Crippen LogP contribution in [-0.4, -0.2) is 15.5 Å². The molecule has 1 heterocycles. The zero-order chi connectivity index (χ0) is 13.4. The number of aryl methyl sites for hydroxylation is 1. The van der Waals surface area contributed by atoms with Crippen molar-refractivity contribution < 1.29 is 4.79 Å². The number of imidazole rings is 1. The summed E-state index contributed by atoms with van der Waals surface area (Å²) in [6.45, 7) is 2.08. The second-order valence-electron chi connectivity index (χ2n) is 4.78. The minimum absolute atomic E-state index is 0.384. The van der Waals surface area contributed by atoms with Crippen LogP contribution in [0, 0.1) is 0 Å². The molecule has 1 aromatic carbocycles. The van der Waals surface area contributed by atoms with E-state index in [1.807, 2.05) is 29.2 Å². The molecular weight excluding hydrogens is 238 g/mol. The molecule has 96 valence electrons. The molecule has 4 heteroatoms. The highest BCUT2D eigenvalue weighted by Gasteiger charge is 2.18. The molecule has 0 atom stereocenters. The van der Waals surface area contributed by atoms with Crippen molar-refractivity contribution >= 4 is 17.2 Å². The molecule has 0 unspecified atom stereocenters. The Morgan fingerprint density at radius 2 is 2.21 bits per heavy atom. The molecule has 19 heavy (non-hydrogen) atoms. The highest BCUT2D eigenvalue weighted by Crippen LogP contribution is 2.33. The summed E-state index contributed by atoms with van der Waals surface area (Å²) < 4.78 is 2.04. The number of nitrogens with zero attached hydrogens (tertiary/aromatic N) is 2. The van der Waals surface area contributed by atoms with Gasteiger partial charge in [0.25, 0.3) is 0 Å². The van der Waals surface area contributed by atoms with E-state index in [0.29, 0.717) is 5.56 Å². The average molecular weight is 253 g/mol.